The smallest absolute Gasteiger partial charge is 0.222 e. The molecule has 2 heterocycles. The van der Waals surface area contributed by atoms with Crippen molar-refractivity contribution in [2.45, 2.75) is 12.8 Å². The van der Waals surface area contributed by atoms with E-state index in [2.05, 4.69) is 20.2 Å². The SMILES string of the molecule is CNCCCC(=O)N1CCN(c2cnccn2)CC1. The predicted molar refractivity (Wildman–Crippen MR) is 74.0 cm³/mol. The third kappa shape index (κ3) is 3.89. The van der Waals surface area contributed by atoms with E-state index in [1.165, 1.54) is 0 Å². The molecule has 0 atom stereocenters. The van der Waals surface area contributed by atoms with Crippen LogP contribution in [-0.2, 0) is 4.79 Å². The molecule has 1 aromatic heterocycles. The third-order valence-electron chi connectivity index (χ3n) is 3.32. The zero-order chi connectivity index (χ0) is 13.5. The van der Waals surface area contributed by atoms with Gasteiger partial charge in [-0.3, -0.25) is 9.78 Å². The van der Waals surface area contributed by atoms with Crippen LogP contribution in [0.3, 0.4) is 0 Å². The standard InChI is InChI=1S/C13H21N5O/c1-14-4-2-3-13(19)18-9-7-17(8-10-18)12-11-15-5-6-16-12/h5-6,11,14H,2-4,7-10H2,1H3. The Kier molecular flexibility index (Phi) is 5.09. The minimum atomic E-state index is 0.258. The van der Waals surface area contributed by atoms with Crippen LogP contribution in [0.5, 0.6) is 0 Å². The molecular weight excluding hydrogens is 242 g/mol. The lowest BCUT2D eigenvalue weighted by molar-refractivity contribution is -0.131. The number of hydrogen-bond acceptors (Lipinski definition) is 5. The van der Waals surface area contributed by atoms with Gasteiger partial charge in [-0.25, -0.2) is 4.98 Å². The van der Waals surface area contributed by atoms with Crippen LogP contribution in [-0.4, -0.2) is 60.5 Å². The Labute approximate surface area is 113 Å². The Morgan fingerprint density at radius 2 is 2.11 bits per heavy atom. The van der Waals surface area contributed by atoms with Crippen molar-refractivity contribution < 1.29 is 4.79 Å². The van der Waals surface area contributed by atoms with Crippen molar-refractivity contribution in [3.8, 4) is 0 Å². The summed E-state index contributed by atoms with van der Waals surface area (Å²) in [6, 6.07) is 0. The lowest BCUT2D eigenvalue weighted by Gasteiger charge is -2.35. The molecule has 0 aliphatic carbocycles. The van der Waals surface area contributed by atoms with Crippen LogP contribution >= 0.6 is 0 Å². The normalized spacial score (nSPS) is 15.6. The highest BCUT2D eigenvalue weighted by Gasteiger charge is 2.21. The number of carbonyl (C=O) groups is 1. The molecule has 0 aromatic carbocycles. The first-order valence-corrected chi connectivity index (χ1v) is 6.74. The van der Waals surface area contributed by atoms with Crippen LogP contribution in [0.2, 0.25) is 0 Å². The fourth-order valence-electron chi connectivity index (χ4n) is 2.21. The molecule has 2 rings (SSSR count). The Hall–Kier alpha value is -1.69. The number of piperazine rings is 1. The largest absolute Gasteiger partial charge is 0.352 e. The van der Waals surface area contributed by atoms with E-state index in [9.17, 15) is 4.79 Å². The van der Waals surface area contributed by atoms with Gasteiger partial charge in [0, 0.05) is 45.0 Å². The van der Waals surface area contributed by atoms with E-state index in [0.29, 0.717) is 6.42 Å². The topological polar surface area (TPSA) is 61.4 Å². The second kappa shape index (κ2) is 7.04. The Morgan fingerprint density at radius 1 is 1.32 bits per heavy atom. The van der Waals surface area contributed by atoms with Crippen molar-refractivity contribution in [1.82, 2.24) is 20.2 Å². The first-order chi connectivity index (χ1) is 9.31. The molecule has 1 N–H and O–H groups in total. The summed E-state index contributed by atoms with van der Waals surface area (Å²) < 4.78 is 0. The Balaban J connectivity index is 1.77. The summed E-state index contributed by atoms with van der Waals surface area (Å²) in [5.41, 5.74) is 0. The fraction of sp³-hybridized carbons (Fsp3) is 0.615. The van der Waals surface area contributed by atoms with Gasteiger partial charge in [-0.2, -0.15) is 0 Å². The van der Waals surface area contributed by atoms with E-state index < -0.39 is 0 Å². The highest BCUT2D eigenvalue weighted by molar-refractivity contribution is 5.76. The number of anilines is 1. The van der Waals surface area contributed by atoms with Gasteiger partial charge in [-0.05, 0) is 20.0 Å². The monoisotopic (exact) mass is 263 g/mol. The number of aromatic nitrogens is 2. The summed E-state index contributed by atoms with van der Waals surface area (Å²) in [6.45, 7) is 4.10. The van der Waals surface area contributed by atoms with Crippen molar-refractivity contribution in [1.29, 1.82) is 0 Å². The summed E-state index contributed by atoms with van der Waals surface area (Å²) in [5, 5.41) is 3.06. The van der Waals surface area contributed by atoms with Gasteiger partial charge in [0.15, 0.2) is 0 Å². The van der Waals surface area contributed by atoms with Gasteiger partial charge in [0.1, 0.15) is 5.82 Å². The summed E-state index contributed by atoms with van der Waals surface area (Å²) in [6.07, 6.45) is 6.67. The van der Waals surface area contributed by atoms with E-state index >= 15 is 0 Å². The summed E-state index contributed by atoms with van der Waals surface area (Å²) in [4.78, 5) is 24.4. The number of hydrogen-bond donors (Lipinski definition) is 1. The molecule has 0 saturated carbocycles. The molecule has 1 amide bonds. The minimum Gasteiger partial charge on any atom is -0.352 e. The van der Waals surface area contributed by atoms with E-state index in [-0.39, 0.29) is 5.91 Å². The quantitative estimate of drug-likeness (QED) is 0.765. The molecule has 19 heavy (non-hydrogen) atoms. The second-order valence-electron chi connectivity index (χ2n) is 4.64. The van der Waals surface area contributed by atoms with E-state index in [1.807, 2.05) is 11.9 Å². The molecule has 1 aromatic rings. The van der Waals surface area contributed by atoms with Gasteiger partial charge >= 0.3 is 0 Å². The third-order valence-corrected chi connectivity index (χ3v) is 3.32. The van der Waals surface area contributed by atoms with E-state index in [0.717, 1.165) is 45.0 Å². The maximum atomic E-state index is 12.0. The molecular formula is C13H21N5O. The Morgan fingerprint density at radius 3 is 2.74 bits per heavy atom. The van der Waals surface area contributed by atoms with Crippen molar-refractivity contribution >= 4 is 11.7 Å². The highest BCUT2D eigenvalue weighted by atomic mass is 16.2. The maximum absolute atomic E-state index is 12.0. The summed E-state index contributed by atoms with van der Waals surface area (Å²) in [5.74, 6) is 1.15. The van der Waals surface area contributed by atoms with E-state index in [4.69, 9.17) is 0 Å². The van der Waals surface area contributed by atoms with Crippen LogP contribution < -0.4 is 10.2 Å². The van der Waals surface area contributed by atoms with Crippen molar-refractivity contribution in [2.24, 2.45) is 0 Å². The molecule has 0 bridgehead atoms. The van der Waals surface area contributed by atoms with Crippen LogP contribution in [0.15, 0.2) is 18.6 Å². The lowest BCUT2D eigenvalue weighted by Crippen LogP contribution is -2.49. The zero-order valence-electron chi connectivity index (χ0n) is 11.4. The molecule has 104 valence electrons. The summed E-state index contributed by atoms with van der Waals surface area (Å²) >= 11 is 0. The molecule has 0 radical (unpaired) electrons. The molecule has 0 spiro atoms. The summed E-state index contributed by atoms with van der Waals surface area (Å²) in [7, 11) is 1.91. The van der Waals surface area contributed by atoms with Crippen LogP contribution in [0.1, 0.15) is 12.8 Å². The lowest BCUT2D eigenvalue weighted by atomic mass is 10.2. The molecule has 1 saturated heterocycles. The molecule has 1 aliphatic rings. The molecule has 6 heteroatoms. The molecule has 0 unspecified atom stereocenters. The van der Waals surface area contributed by atoms with Gasteiger partial charge in [0.25, 0.3) is 0 Å². The van der Waals surface area contributed by atoms with Crippen LogP contribution in [0.25, 0.3) is 0 Å². The highest BCUT2D eigenvalue weighted by Crippen LogP contribution is 2.12. The van der Waals surface area contributed by atoms with E-state index in [1.54, 1.807) is 18.6 Å². The predicted octanol–water partition coefficient (Wildman–Crippen LogP) is 0.125. The average molecular weight is 263 g/mol. The fourth-order valence-corrected chi connectivity index (χ4v) is 2.21. The first-order valence-electron chi connectivity index (χ1n) is 6.74. The zero-order valence-corrected chi connectivity index (χ0v) is 11.4. The molecule has 1 aliphatic heterocycles. The second-order valence-corrected chi connectivity index (χ2v) is 4.64. The van der Waals surface area contributed by atoms with Gasteiger partial charge in [-0.15, -0.1) is 0 Å². The Bertz CT molecular complexity index is 389. The number of amides is 1. The average Bonchev–Trinajstić information content (AvgIpc) is 2.48. The van der Waals surface area contributed by atoms with Gasteiger partial charge in [0.05, 0.1) is 6.20 Å². The maximum Gasteiger partial charge on any atom is 0.222 e. The number of nitrogens with zero attached hydrogens (tertiary/aromatic N) is 4. The van der Waals surface area contributed by atoms with Crippen molar-refractivity contribution in [3.63, 3.8) is 0 Å². The van der Waals surface area contributed by atoms with Crippen LogP contribution in [0.4, 0.5) is 5.82 Å². The minimum absolute atomic E-state index is 0.258. The van der Waals surface area contributed by atoms with Crippen molar-refractivity contribution in [3.05, 3.63) is 18.6 Å². The number of carbonyl (C=O) groups excluding carboxylic acids is 1. The van der Waals surface area contributed by atoms with Crippen LogP contribution in [0, 0.1) is 0 Å². The number of nitrogens with one attached hydrogen (secondary N) is 1. The van der Waals surface area contributed by atoms with Gasteiger partial charge in [0.2, 0.25) is 5.91 Å². The van der Waals surface area contributed by atoms with Gasteiger partial charge < -0.3 is 15.1 Å². The molecule has 6 nitrogen and oxygen atoms in total. The number of rotatable bonds is 5. The van der Waals surface area contributed by atoms with Gasteiger partial charge in [-0.1, -0.05) is 0 Å². The van der Waals surface area contributed by atoms with Crippen molar-refractivity contribution in [2.75, 3.05) is 44.7 Å². The first kappa shape index (κ1) is 13.7. The molecule has 1 fully saturated rings.